The summed E-state index contributed by atoms with van der Waals surface area (Å²) >= 11 is 6.88. The second-order valence-corrected chi connectivity index (χ2v) is 5.56. The van der Waals surface area contributed by atoms with Crippen LogP contribution in [-0.2, 0) is 9.59 Å². The molecule has 0 atom stereocenters. The van der Waals surface area contributed by atoms with Crippen molar-refractivity contribution in [3.05, 3.63) is 27.6 Å². The van der Waals surface area contributed by atoms with Gasteiger partial charge in [0.15, 0.2) is 18.1 Å². The molecule has 1 aliphatic rings. The number of halogens is 1. The van der Waals surface area contributed by atoms with Crippen LogP contribution in [0.3, 0.4) is 0 Å². The van der Waals surface area contributed by atoms with E-state index in [0.717, 1.165) is 11.8 Å². The molecule has 1 aliphatic heterocycles. The fourth-order valence-electron chi connectivity index (χ4n) is 1.68. The Morgan fingerprint density at radius 3 is 2.73 bits per heavy atom. The number of benzene rings is 1. The van der Waals surface area contributed by atoms with Crippen molar-refractivity contribution < 1.29 is 23.9 Å². The molecule has 0 spiro atoms. The van der Waals surface area contributed by atoms with Gasteiger partial charge in [-0.15, -0.1) is 0 Å². The van der Waals surface area contributed by atoms with Crippen molar-refractivity contribution >= 4 is 46.5 Å². The zero-order valence-electron chi connectivity index (χ0n) is 11.3. The number of carbonyl (C=O) groups is 3. The van der Waals surface area contributed by atoms with Gasteiger partial charge in [0, 0.05) is 0 Å². The molecule has 3 N–H and O–H groups in total. The Labute approximate surface area is 134 Å². The van der Waals surface area contributed by atoms with Crippen molar-refractivity contribution in [1.82, 2.24) is 5.32 Å². The molecule has 0 unspecified atom stereocenters. The Morgan fingerprint density at radius 2 is 2.18 bits per heavy atom. The molecule has 1 saturated heterocycles. The monoisotopic (exact) mass is 342 g/mol. The van der Waals surface area contributed by atoms with Crippen LogP contribution in [0.25, 0.3) is 6.08 Å². The second kappa shape index (κ2) is 6.71. The standard InChI is InChI=1S/C13H11ClN2O5S/c1-20-8-3-6(4-9-12(18)16-13(19)22-9)2-7(14)11(8)21-5-10(15)17/h2-4H,5H2,1H3,(H2,15,17)(H,16,18,19)/b9-4-. The molecule has 0 aromatic heterocycles. The minimum Gasteiger partial charge on any atom is -0.493 e. The first-order valence-corrected chi connectivity index (χ1v) is 7.13. The number of nitrogens with one attached hydrogen (secondary N) is 1. The van der Waals surface area contributed by atoms with E-state index >= 15 is 0 Å². The number of rotatable bonds is 5. The van der Waals surface area contributed by atoms with Crippen LogP contribution in [0.4, 0.5) is 4.79 Å². The number of methoxy groups -OCH3 is 1. The fraction of sp³-hybridized carbons (Fsp3) is 0.154. The lowest BCUT2D eigenvalue weighted by molar-refractivity contribution is -0.120. The normalized spacial score (nSPS) is 15.8. The van der Waals surface area contributed by atoms with Crippen molar-refractivity contribution in [2.75, 3.05) is 13.7 Å². The van der Waals surface area contributed by atoms with Gasteiger partial charge in [0.2, 0.25) is 0 Å². The number of nitrogens with two attached hydrogens (primary N) is 1. The highest BCUT2D eigenvalue weighted by molar-refractivity contribution is 8.18. The van der Waals surface area contributed by atoms with E-state index in [1.165, 1.54) is 19.3 Å². The quantitative estimate of drug-likeness (QED) is 0.786. The van der Waals surface area contributed by atoms with Crippen LogP contribution in [0.15, 0.2) is 17.0 Å². The molecule has 2 rings (SSSR count). The minimum atomic E-state index is -0.651. The summed E-state index contributed by atoms with van der Waals surface area (Å²) in [6.45, 7) is -0.344. The second-order valence-electron chi connectivity index (χ2n) is 4.14. The summed E-state index contributed by atoms with van der Waals surface area (Å²) in [6, 6.07) is 3.08. The van der Waals surface area contributed by atoms with Gasteiger partial charge in [-0.25, -0.2) is 0 Å². The molecular weight excluding hydrogens is 332 g/mol. The highest BCUT2D eigenvalue weighted by Crippen LogP contribution is 2.37. The average Bonchev–Trinajstić information content (AvgIpc) is 2.74. The van der Waals surface area contributed by atoms with Crippen molar-refractivity contribution in [3.8, 4) is 11.5 Å². The average molecular weight is 343 g/mol. The summed E-state index contributed by atoms with van der Waals surface area (Å²) in [5.41, 5.74) is 5.55. The largest absolute Gasteiger partial charge is 0.493 e. The molecule has 0 saturated carbocycles. The number of thioether (sulfide) groups is 1. The smallest absolute Gasteiger partial charge is 0.290 e. The van der Waals surface area contributed by atoms with E-state index in [1.807, 2.05) is 0 Å². The molecule has 1 aromatic carbocycles. The lowest BCUT2D eigenvalue weighted by atomic mass is 10.2. The molecule has 0 radical (unpaired) electrons. The third-order valence-electron chi connectivity index (χ3n) is 2.55. The zero-order chi connectivity index (χ0) is 16.3. The maximum absolute atomic E-state index is 11.5. The first-order valence-electron chi connectivity index (χ1n) is 5.94. The van der Waals surface area contributed by atoms with Gasteiger partial charge < -0.3 is 15.2 Å². The van der Waals surface area contributed by atoms with Gasteiger partial charge in [-0.1, -0.05) is 11.6 Å². The van der Waals surface area contributed by atoms with Crippen LogP contribution in [0.1, 0.15) is 5.56 Å². The van der Waals surface area contributed by atoms with Crippen LogP contribution in [0, 0.1) is 0 Å². The van der Waals surface area contributed by atoms with Crippen molar-refractivity contribution in [3.63, 3.8) is 0 Å². The van der Waals surface area contributed by atoms with Gasteiger partial charge in [-0.3, -0.25) is 19.7 Å². The predicted octanol–water partition coefficient (Wildman–Crippen LogP) is 1.54. The number of primary amides is 1. The van der Waals surface area contributed by atoms with E-state index in [-0.39, 0.29) is 28.0 Å². The molecule has 0 bridgehead atoms. The van der Waals surface area contributed by atoms with Crippen LogP contribution in [0.5, 0.6) is 11.5 Å². The van der Waals surface area contributed by atoms with Gasteiger partial charge in [0.1, 0.15) is 0 Å². The molecule has 3 amide bonds. The predicted molar refractivity (Wildman–Crippen MR) is 81.8 cm³/mol. The maximum Gasteiger partial charge on any atom is 0.290 e. The van der Waals surface area contributed by atoms with Gasteiger partial charge in [-0.2, -0.15) is 0 Å². The van der Waals surface area contributed by atoms with Gasteiger partial charge in [0.05, 0.1) is 17.0 Å². The number of amides is 3. The maximum atomic E-state index is 11.5. The van der Waals surface area contributed by atoms with E-state index in [0.29, 0.717) is 5.56 Å². The molecule has 22 heavy (non-hydrogen) atoms. The number of ether oxygens (including phenoxy) is 2. The molecule has 116 valence electrons. The number of hydrogen-bond acceptors (Lipinski definition) is 6. The van der Waals surface area contributed by atoms with E-state index in [1.54, 1.807) is 6.07 Å². The van der Waals surface area contributed by atoms with E-state index in [2.05, 4.69) is 5.32 Å². The summed E-state index contributed by atoms with van der Waals surface area (Å²) in [5.74, 6) is -0.680. The molecule has 1 heterocycles. The molecule has 7 nitrogen and oxygen atoms in total. The Hall–Kier alpha value is -2.19. The lowest BCUT2D eigenvalue weighted by Gasteiger charge is -2.12. The third-order valence-corrected chi connectivity index (χ3v) is 3.64. The van der Waals surface area contributed by atoms with Crippen molar-refractivity contribution in [1.29, 1.82) is 0 Å². The minimum absolute atomic E-state index is 0.171. The summed E-state index contributed by atoms with van der Waals surface area (Å²) in [7, 11) is 1.40. The Balaban J connectivity index is 2.33. The van der Waals surface area contributed by atoms with Crippen LogP contribution in [0.2, 0.25) is 5.02 Å². The third kappa shape index (κ3) is 3.71. The molecule has 9 heteroatoms. The van der Waals surface area contributed by atoms with E-state index < -0.39 is 17.1 Å². The Morgan fingerprint density at radius 1 is 1.45 bits per heavy atom. The molecule has 1 aromatic rings. The SMILES string of the molecule is COc1cc(/C=C2\SC(=O)NC2=O)cc(Cl)c1OCC(N)=O. The lowest BCUT2D eigenvalue weighted by Crippen LogP contribution is -2.20. The van der Waals surface area contributed by atoms with Gasteiger partial charge in [0.25, 0.3) is 17.1 Å². The Bertz CT molecular complexity index is 689. The fourth-order valence-corrected chi connectivity index (χ4v) is 2.63. The van der Waals surface area contributed by atoms with Crippen molar-refractivity contribution in [2.24, 2.45) is 5.73 Å². The topological polar surface area (TPSA) is 108 Å². The summed E-state index contributed by atoms with van der Waals surface area (Å²) < 4.78 is 10.3. The van der Waals surface area contributed by atoms with Crippen LogP contribution in [-0.4, -0.2) is 30.8 Å². The van der Waals surface area contributed by atoms with Crippen LogP contribution < -0.4 is 20.5 Å². The van der Waals surface area contributed by atoms with E-state index in [9.17, 15) is 14.4 Å². The van der Waals surface area contributed by atoms with Crippen LogP contribution >= 0.6 is 23.4 Å². The van der Waals surface area contributed by atoms with Gasteiger partial charge >= 0.3 is 0 Å². The Kier molecular flexibility index (Phi) is 4.94. The number of imide groups is 1. The molecule has 1 fully saturated rings. The first kappa shape index (κ1) is 16.2. The number of hydrogen-bond donors (Lipinski definition) is 2. The van der Waals surface area contributed by atoms with Gasteiger partial charge in [-0.05, 0) is 35.5 Å². The van der Waals surface area contributed by atoms with Crippen molar-refractivity contribution in [2.45, 2.75) is 0 Å². The molecular formula is C13H11ClN2O5S. The highest BCUT2D eigenvalue weighted by Gasteiger charge is 2.25. The molecule has 0 aliphatic carbocycles. The number of carbonyl (C=O) groups excluding carboxylic acids is 3. The zero-order valence-corrected chi connectivity index (χ0v) is 12.9. The highest BCUT2D eigenvalue weighted by atomic mass is 35.5. The first-order chi connectivity index (χ1) is 10.4. The summed E-state index contributed by atoms with van der Waals surface area (Å²) in [6.07, 6.45) is 1.50. The van der Waals surface area contributed by atoms with E-state index in [4.69, 9.17) is 26.8 Å². The summed E-state index contributed by atoms with van der Waals surface area (Å²) in [4.78, 5) is 33.7. The summed E-state index contributed by atoms with van der Waals surface area (Å²) in [5, 5.41) is 1.90.